The van der Waals surface area contributed by atoms with Gasteiger partial charge < -0.3 is 14.2 Å². The van der Waals surface area contributed by atoms with Crippen LogP contribution < -0.4 is 14.8 Å². The van der Waals surface area contributed by atoms with Crippen molar-refractivity contribution in [3.63, 3.8) is 0 Å². The van der Waals surface area contributed by atoms with Gasteiger partial charge >= 0.3 is 5.97 Å². The number of esters is 1. The first-order chi connectivity index (χ1) is 11.6. The van der Waals surface area contributed by atoms with Crippen molar-refractivity contribution in [2.24, 2.45) is 10.2 Å². The van der Waals surface area contributed by atoms with Crippen LogP contribution >= 0.6 is 27.7 Å². The highest BCUT2D eigenvalue weighted by molar-refractivity contribution is 9.10. The molecule has 2 aliphatic heterocycles. The van der Waals surface area contributed by atoms with E-state index >= 15 is 0 Å². The second-order valence-electron chi connectivity index (χ2n) is 4.46. The van der Waals surface area contributed by atoms with Crippen molar-refractivity contribution in [3.8, 4) is 11.5 Å². The third-order valence-corrected chi connectivity index (χ3v) is 4.53. The van der Waals surface area contributed by atoms with Crippen LogP contribution in [-0.2, 0) is 14.3 Å². The van der Waals surface area contributed by atoms with Crippen molar-refractivity contribution < 1.29 is 23.8 Å². The Morgan fingerprint density at radius 3 is 2.92 bits per heavy atom. The molecule has 8 nitrogen and oxygen atoms in total. The van der Waals surface area contributed by atoms with Crippen LogP contribution in [0.4, 0.5) is 0 Å². The molecule has 0 spiro atoms. The van der Waals surface area contributed by atoms with E-state index in [9.17, 15) is 9.59 Å². The van der Waals surface area contributed by atoms with Crippen molar-refractivity contribution >= 4 is 51.0 Å². The first kappa shape index (κ1) is 16.5. The van der Waals surface area contributed by atoms with Crippen molar-refractivity contribution in [2.45, 2.75) is 0 Å². The molecule has 0 saturated carbocycles. The number of carbonyl (C=O) groups excluding carboxylic acids is 2. The Morgan fingerprint density at radius 2 is 2.17 bits per heavy atom. The minimum absolute atomic E-state index is 0.183. The van der Waals surface area contributed by atoms with E-state index in [1.807, 2.05) is 0 Å². The zero-order valence-corrected chi connectivity index (χ0v) is 14.6. The van der Waals surface area contributed by atoms with E-state index in [-0.39, 0.29) is 16.9 Å². The maximum Gasteiger partial charge on any atom is 0.331 e. The molecule has 124 valence electrons. The maximum atomic E-state index is 11.7. The molecule has 1 aromatic carbocycles. The molecule has 3 rings (SSSR count). The van der Waals surface area contributed by atoms with Crippen LogP contribution in [0.5, 0.6) is 11.5 Å². The summed E-state index contributed by atoms with van der Waals surface area (Å²) in [5.41, 5.74) is 0.739. The largest absolute Gasteiger partial charge is 0.466 e. The number of methoxy groups -OCH3 is 1. The summed E-state index contributed by atoms with van der Waals surface area (Å²) < 4.78 is 15.8. The number of hydrogen-bond donors (Lipinski definition) is 1. The van der Waals surface area contributed by atoms with E-state index in [1.54, 1.807) is 12.1 Å². The van der Waals surface area contributed by atoms with Crippen LogP contribution in [0.2, 0.25) is 0 Å². The molecule has 0 aromatic heterocycles. The van der Waals surface area contributed by atoms with Gasteiger partial charge in [0.2, 0.25) is 6.79 Å². The third kappa shape index (κ3) is 3.60. The first-order valence-electron chi connectivity index (χ1n) is 6.56. The SMILES string of the molecule is COC(=O)/C=C1/S/C(=N\N=Cc2cc3c(cc2Br)OCO3)NC1=O. The Bertz CT molecular complexity index is 806. The summed E-state index contributed by atoms with van der Waals surface area (Å²) in [6.07, 6.45) is 2.61. The standard InChI is InChI=1S/C14H10BrN3O5S/c1-21-12(19)4-11-13(20)17-14(24-11)18-16-5-7-2-9-10(3-8(7)15)23-6-22-9/h2-5H,6H2,1H3,(H,17,18,20)/b11-4+,16-5?. The number of hydrogen-bond acceptors (Lipinski definition) is 8. The summed E-state index contributed by atoms with van der Waals surface area (Å²) in [4.78, 5) is 23.0. The lowest BCUT2D eigenvalue weighted by Crippen LogP contribution is -2.19. The minimum atomic E-state index is -0.610. The maximum absolute atomic E-state index is 11.7. The lowest BCUT2D eigenvalue weighted by molar-refractivity contribution is -0.135. The zero-order chi connectivity index (χ0) is 17.1. The lowest BCUT2D eigenvalue weighted by atomic mass is 10.2. The third-order valence-electron chi connectivity index (χ3n) is 2.94. The van der Waals surface area contributed by atoms with Crippen molar-refractivity contribution in [1.82, 2.24) is 5.32 Å². The summed E-state index contributed by atoms with van der Waals surface area (Å²) in [7, 11) is 1.24. The predicted octanol–water partition coefficient (Wildman–Crippen LogP) is 1.79. The zero-order valence-electron chi connectivity index (χ0n) is 12.2. The Labute approximate surface area is 149 Å². The highest BCUT2D eigenvalue weighted by atomic mass is 79.9. The smallest absolute Gasteiger partial charge is 0.331 e. The fourth-order valence-electron chi connectivity index (χ4n) is 1.82. The topological polar surface area (TPSA) is 98.6 Å². The Hall–Kier alpha value is -2.33. The van der Waals surface area contributed by atoms with Crippen LogP contribution in [0.1, 0.15) is 5.56 Å². The molecular formula is C14H10BrN3O5S. The van der Waals surface area contributed by atoms with Crippen LogP contribution in [0.25, 0.3) is 0 Å². The molecule has 24 heavy (non-hydrogen) atoms. The summed E-state index contributed by atoms with van der Waals surface area (Å²) in [5, 5.41) is 10.6. The van der Waals surface area contributed by atoms with E-state index in [0.717, 1.165) is 27.9 Å². The van der Waals surface area contributed by atoms with Crippen LogP contribution in [0.15, 0.2) is 37.8 Å². The Morgan fingerprint density at radius 1 is 1.42 bits per heavy atom. The van der Waals surface area contributed by atoms with Gasteiger partial charge in [-0.1, -0.05) is 0 Å². The highest BCUT2D eigenvalue weighted by Crippen LogP contribution is 2.36. The number of amides is 1. The van der Waals surface area contributed by atoms with E-state index in [4.69, 9.17) is 9.47 Å². The molecule has 1 aromatic rings. The fraction of sp³-hybridized carbons (Fsp3) is 0.143. The van der Waals surface area contributed by atoms with Gasteiger partial charge in [-0.15, -0.1) is 5.10 Å². The van der Waals surface area contributed by atoms with Gasteiger partial charge in [-0.2, -0.15) is 5.10 Å². The van der Waals surface area contributed by atoms with Gasteiger partial charge in [-0.25, -0.2) is 4.79 Å². The van der Waals surface area contributed by atoms with Gasteiger partial charge in [0.15, 0.2) is 16.7 Å². The van der Waals surface area contributed by atoms with Crippen molar-refractivity contribution in [2.75, 3.05) is 13.9 Å². The molecule has 2 heterocycles. The number of carbonyl (C=O) groups is 2. The number of halogens is 1. The summed E-state index contributed by atoms with van der Waals surface area (Å²) in [5.74, 6) is 0.242. The first-order valence-corrected chi connectivity index (χ1v) is 8.17. The average molecular weight is 412 g/mol. The monoisotopic (exact) mass is 411 g/mol. The number of rotatable bonds is 3. The summed E-state index contributed by atoms with van der Waals surface area (Å²) in [6, 6.07) is 3.54. The predicted molar refractivity (Wildman–Crippen MR) is 91.1 cm³/mol. The number of nitrogens with zero attached hydrogens (tertiary/aromatic N) is 2. The lowest BCUT2D eigenvalue weighted by Gasteiger charge is -2.00. The van der Waals surface area contributed by atoms with Crippen molar-refractivity contribution in [3.05, 3.63) is 33.2 Å². The second-order valence-corrected chi connectivity index (χ2v) is 6.35. The minimum Gasteiger partial charge on any atom is -0.466 e. The Kier molecular flexibility index (Phi) is 4.86. The molecule has 0 bridgehead atoms. The molecule has 1 N–H and O–H groups in total. The molecule has 0 unspecified atom stereocenters. The molecule has 1 saturated heterocycles. The molecule has 0 atom stereocenters. The highest BCUT2D eigenvalue weighted by Gasteiger charge is 2.25. The van der Waals surface area contributed by atoms with Crippen LogP contribution in [-0.4, -0.2) is 37.2 Å². The van der Waals surface area contributed by atoms with Crippen LogP contribution in [0, 0.1) is 0 Å². The number of benzene rings is 1. The molecule has 1 amide bonds. The molecule has 2 aliphatic rings. The van der Waals surface area contributed by atoms with Gasteiger partial charge in [0.25, 0.3) is 5.91 Å². The fourth-order valence-corrected chi connectivity index (χ4v) is 2.98. The van der Waals surface area contributed by atoms with Gasteiger partial charge in [0.1, 0.15) is 0 Å². The molecular weight excluding hydrogens is 402 g/mol. The number of fused-ring (bicyclic) bond motifs is 1. The molecule has 10 heteroatoms. The van der Waals surface area contributed by atoms with Gasteiger partial charge in [0.05, 0.1) is 18.2 Å². The van der Waals surface area contributed by atoms with Crippen molar-refractivity contribution in [1.29, 1.82) is 0 Å². The van der Waals surface area contributed by atoms with Gasteiger partial charge in [0, 0.05) is 16.1 Å². The second kappa shape index (κ2) is 7.05. The molecule has 0 aliphatic carbocycles. The number of ether oxygens (including phenoxy) is 3. The average Bonchev–Trinajstić information content (AvgIpc) is 3.14. The number of nitrogens with one attached hydrogen (secondary N) is 1. The summed E-state index contributed by atoms with van der Waals surface area (Å²) >= 11 is 4.41. The normalized spacial score (nSPS) is 19.3. The van der Waals surface area contributed by atoms with E-state index in [0.29, 0.717) is 11.5 Å². The molecule has 1 fully saturated rings. The van der Waals surface area contributed by atoms with E-state index < -0.39 is 11.9 Å². The van der Waals surface area contributed by atoms with Crippen LogP contribution in [0.3, 0.4) is 0 Å². The quantitative estimate of drug-likeness (QED) is 0.352. The number of thioether (sulfide) groups is 1. The van der Waals surface area contributed by atoms with E-state index in [2.05, 4.69) is 36.2 Å². The van der Waals surface area contributed by atoms with E-state index in [1.165, 1.54) is 13.3 Å². The number of amidine groups is 1. The van der Waals surface area contributed by atoms with Gasteiger partial charge in [-0.3, -0.25) is 10.1 Å². The Balaban J connectivity index is 1.73. The summed E-state index contributed by atoms with van der Waals surface area (Å²) in [6.45, 7) is 0.183. The molecule has 0 radical (unpaired) electrons. The van der Waals surface area contributed by atoms with Gasteiger partial charge in [-0.05, 0) is 39.8 Å².